The SMILES string of the molecule is CCc1ccc(Cn2cc(S(N)(=O)=O)nc2CC)cc1. The zero-order valence-electron chi connectivity index (χ0n) is 11.7. The molecule has 0 fully saturated rings. The Morgan fingerprint density at radius 3 is 2.20 bits per heavy atom. The van der Waals surface area contributed by atoms with E-state index < -0.39 is 10.0 Å². The molecule has 20 heavy (non-hydrogen) atoms. The van der Waals surface area contributed by atoms with Crippen LogP contribution in [0.25, 0.3) is 0 Å². The number of benzene rings is 1. The molecule has 0 radical (unpaired) electrons. The first kappa shape index (κ1) is 14.7. The highest BCUT2D eigenvalue weighted by Crippen LogP contribution is 2.13. The van der Waals surface area contributed by atoms with Crippen LogP contribution in [0.3, 0.4) is 0 Å². The lowest BCUT2D eigenvalue weighted by Gasteiger charge is -2.07. The van der Waals surface area contributed by atoms with Crippen molar-refractivity contribution in [3.8, 4) is 0 Å². The molecule has 0 amide bonds. The van der Waals surface area contributed by atoms with Crippen molar-refractivity contribution in [2.75, 3.05) is 0 Å². The molecule has 1 aromatic carbocycles. The van der Waals surface area contributed by atoms with E-state index in [9.17, 15) is 8.42 Å². The Kier molecular flexibility index (Phi) is 4.25. The van der Waals surface area contributed by atoms with Crippen LogP contribution < -0.4 is 5.14 Å². The molecule has 0 aliphatic rings. The number of rotatable bonds is 5. The van der Waals surface area contributed by atoms with Gasteiger partial charge in [0.25, 0.3) is 10.0 Å². The second-order valence-corrected chi connectivity index (χ2v) is 6.20. The quantitative estimate of drug-likeness (QED) is 0.911. The van der Waals surface area contributed by atoms with Crippen molar-refractivity contribution in [3.05, 3.63) is 47.4 Å². The number of nitrogens with zero attached hydrogens (tertiary/aromatic N) is 2. The summed E-state index contributed by atoms with van der Waals surface area (Å²) >= 11 is 0. The molecule has 0 atom stereocenters. The fraction of sp³-hybridized carbons (Fsp3) is 0.357. The highest BCUT2D eigenvalue weighted by Gasteiger charge is 2.15. The molecule has 0 saturated carbocycles. The molecule has 2 rings (SSSR count). The normalized spacial score (nSPS) is 11.8. The van der Waals surface area contributed by atoms with E-state index in [1.54, 1.807) is 0 Å². The van der Waals surface area contributed by atoms with Gasteiger partial charge in [-0.1, -0.05) is 38.1 Å². The lowest BCUT2D eigenvalue weighted by atomic mass is 10.1. The minimum atomic E-state index is -3.75. The highest BCUT2D eigenvalue weighted by molar-refractivity contribution is 7.89. The van der Waals surface area contributed by atoms with Crippen molar-refractivity contribution >= 4 is 10.0 Å². The number of aromatic nitrogens is 2. The lowest BCUT2D eigenvalue weighted by Crippen LogP contribution is -2.12. The van der Waals surface area contributed by atoms with Crippen LogP contribution in [0.1, 0.15) is 30.8 Å². The number of sulfonamides is 1. The van der Waals surface area contributed by atoms with Crippen LogP contribution in [0.2, 0.25) is 0 Å². The predicted molar refractivity (Wildman–Crippen MR) is 77.9 cm³/mol. The van der Waals surface area contributed by atoms with Gasteiger partial charge in [0.2, 0.25) is 0 Å². The monoisotopic (exact) mass is 293 g/mol. The van der Waals surface area contributed by atoms with Crippen LogP contribution in [0, 0.1) is 0 Å². The lowest BCUT2D eigenvalue weighted by molar-refractivity contribution is 0.594. The number of primary sulfonamides is 1. The van der Waals surface area contributed by atoms with E-state index in [1.807, 2.05) is 11.5 Å². The highest BCUT2D eigenvalue weighted by atomic mass is 32.2. The van der Waals surface area contributed by atoms with Gasteiger partial charge >= 0.3 is 0 Å². The molecular weight excluding hydrogens is 274 g/mol. The summed E-state index contributed by atoms with van der Waals surface area (Å²) in [5.74, 6) is 0.716. The zero-order chi connectivity index (χ0) is 14.8. The van der Waals surface area contributed by atoms with Crippen LogP contribution in [0.4, 0.5) is 0 Å². The van der Waals surface area contributed by atoms with Gasteiger partial charge in [0.05, 0.1) is 0 Å². The summed E-state index contributed by atoms with van der Waals surface area (Å²) < 4.78 is 24.5. The van der Waals surface area contributed by atoms with Crippen molar-refractivity contribution < 1.29 is 8.42 Å². The third-order valence-electron chi connectivity index (χ3n) is 3.23. The van der Waals surface area contributed by atoms with Crippen LogP contribution in [-0.2, 0) is 29.4 Å². The Morgan fingerprint density at radius 1 is 1.10 bits per heavy atom. The van der Waals surface area contributed by atoms with Crippen molar-refractivity contribution in [2.45, 2.75) is 38.3 Å². The predicted octanol–water partition coefficient (Wildman–Crippen LogP) is 1.70. The fourth-order valence-corrected chi connectivity index (χ4v) is 2.57. The van der Waals surface area contributed by atoms with Crippen LogP contribution >= 0.6 is 0 Å². The number of imidazole rings is 1. The van der Waals surface area contributed by atoms with Crippen LogP contribution in [0.15, 0.2) is 35.5 Å². The van der Waals surface area contributed by atoms with Crippen molar-refractivity contribution in [3.63, 3.8) is 0 Å². The van der Waals surface area contributed by atoms with Crippen molar-refractivity contribution in [1.29, 1.82) is 0 Å². The zero-order valence-corrected chi connectivity index (χ0v) is 12.5. The van der Waals surface area contributed by atoms with E-state index in [1.165, 1.54) is 11.8 Å². The first-order valence-corrected chi connectivity index (χ1v) is 8.15. The summed E-state index contributed by atoms with van der Waals surface area (Å²) in [6.07, 6.45) is 3.16. The summed E-state index contributed by atoms with van der Waals surface area (Å²) in [4.78, 5) is 4.08. The van der Waals surface area contributed by atoms with Gasteiger partial charge < -0.3 is 4.57 Å². The molecule has 0 unspecified atom stereocenters. The Morgan fingerprint density at radius 2 is 1.70 bits per heavy atom. The maximum atomic E-state index is 11.4. The first-order valence-electron chi connectivity index (χ1n) is 6.60. The van der Waals surface area contributed by atoms with Gasteiger partial charge in [0.15, 0.2) is 5.03 Å². The van der Waals surface area contributed by atoms with E-state index in [4.69, 9.17) is 5.14 Å². The average molecular weight is 293 g/mol. The van der Waals surface area contributed by atoms with Crippen molar-refractivity contribution in [2.24, 2.45) is 5.14 Å². The summed E-state index contributed by atoms with van der Waals surface area (Å²) in [6, 6.07) is 8.26. The topological polar surface area (TPSA) is 78.0 Å². The molecule has 2 aromatic rings. The summed E-state index contributed by atoms with van der Waals surface area (Å²) in [6.45, 7) is 4.64. The molecule has 0 bridgehead atoms. The number of hydrogen-bond acceptors (Lipinski definition) is 3. The molecule has 5 nitrogen and oxygen atoms in total. The van der Waals surface area contributed by atoms with E-state index in [0.717, 1.165) is 12.0 Å². The van der Waals surface area contributed by atoms with E-state index in [-0.39, 0.29) is 5.03 Å². The standard InChI is InChI=1S/C14H19N3O2S/c1-3-11-5-7-12(8-6-11)9-17-10-14(20(15,18)19)16-13(17)4-2/h5-8,10H,3-4,9H2,1-2H3,(H2,15,18,19). The molecule has 1 aromatic heterocycles. The molecule has 0 saturated heterocycles. The third kappa shape index (κ3) is 3.26. The van der Waals surface area contributed by atoms with Crippen LogP contribution in [0.5, 0.6) is 0 Å². The van der Waals surface area contributed by atoms with Crippen molar-refractivity contribution in [1.82, 2.24) is 9.55 Å². The molecule has 0 aliphatic heterocycles. The van der Waals surface area contributed by atoms with Crippen LogP contribution in [-0.4, -0.2) is 18.0 Å². The van der Waals surface area contributed by atoms with Gasteiger partial charge in [0, 0.05) is 19.2 Å². The first-order chi connectivity index (χ1) is 9.44. The minimum absolute atomic E-state index is 0.0699. The Balaban J connectivity index is 2.30. The smallest absolute Gasteiger partial charge is 0.257 e. The largest absolute Gasteiger partial charge is 0.329 e. The van der Waals surface area contributed by atoms with Gasteiger partial charge in [-0.2, -0.15) is 0 Å². The van der Waals surface area contributed by atoms with Gasteiger partial charge in [-0.05, 0) is 17.5 Å². The Labute approximate surface area is 119 Å². The molecule has 108 valence electrons. The number of aryl methyl sites for hydroxylation is 2. The Bertz CT molecular complexity index is 688. The molecular formula is C14H19N3O2S. The third-order valence-corrected chi connectivity index (χ3v) is 4.01. The Hall–Kier alpha value is -1.66. The van der Waals surface area contributed by atoms with Gasteiger partial charge in [-0.25, -0.2) is 18.5 Å². The van der Waals surface area contributed by atoms with Gasteiger partial charge in [-0.15, -0.1) is 0 Å². The second-order valence-electron chi connectivity index (χ2n) is 4.69. The average Bonchev–Trinajstić information content (AvgIpc) is 2.82. The molecule has 2 N–H and O–H groups in total. The van der Waals surface area contributed by atoms with E-state index in [2.05, 4.69) is 36.2 Å². The fourth-order valence-electron chi connectivity index (χ4n) is 2.06. The number of hydrogen-bond donors (Lipinski definition) is 1. The maximum Gasteiger partial charge on any atom is 0.257 e. The minimum Gasteiger partial charge on any atom is -0.329 e. The van der Waals surface area contributed by atoms with E-state index >= 15 is 0 Å². The molecule has 1 heterocycles. The summed E-state index contributed by atoms with van der Waals surface area (Å²) in [5, 5.41) is 5.05. The molecule has 0 aliphatic carbocycles. The van der Waals surface area contributed by atoms with Gasteiger partial charge in [0.1, 0.15) is 5.82 Å². The summed E-state index contributed by atoms with van der Waals surface area (Å²) in [5.41, 5.74) is 2.38. The molecule has 6 heteroatoms. The molecule has 0 spiro atoms. The second kappa shape index (κ2) is 5.76. The van der Waals surface area contributed by atoms with Gasteiger partial charge in [-0.3, -0.25) is 0 Å². The summed E-state index contributed by atoms with van der Waals surface area (Å²) in [7, 11) is -3.75. The maximum absolute atomic E-state index is 11.4. The number of nitrogens with two attached hydrogens (primary N) is 1. The van der Waals surface area contributed by atoms with E-state index in [0.29, 0.717) is 18.8 Å².